The zero-order valence-corrected chi connectivity index (χ0v) is 20.2. The lowest BCUT2D eigenvalue weighted by Gasteiger charge is -2.29. The van der Waals surface area contributed by atoms with Gasteiger partial charge < -0.3 is 19.7 Å². The van der Waals surface area contributed by atoms with Crippen LogP contribution in [0.5, 0.6) is 0 Å². The van der Waals surface area contributed by atoms with Crippen molar-refractivity contribution in [3.63, 3.8) is 0 Å². The zero-order valence-electron chi connectivity index (χ0n) is 18.5. The number of benzene rings is 1. The van der Waals surface area contributed by atoms with E-state index in [1.807, 2.05) is 6.92 Å². The van der Waals surface area contributed by atoms with Crippen molar-refractivity contribution in [3.05, 3.63) is 23.8 Å². The molecular weight excluding hydrogens is 470 g/mol. The van der Waals surface area contributed by atoms with E-state index in [0.29, 0.717) is 37.4 Å². The van der Waals surface area contributed by atoms with Crippen molar-refractivity contribution in [1.82, 2.24) is 9.21 Å². The van der Waals surface area contributed by atoms with E-state index in [9.17, 15) is 22.8 Å². The maximum atomic E-state index is 13.0. The highest BCUT2D eigenvalue weighted by Crippen LogP contribution is 2.47. The number of thioether (sulfide) groups is 1. The topological polar surface area (TPSA) is 122 Å². The van der Waals surface area contributed by atoms with Crippen LogP contribution in [0.1, 0.15) is 25.3 Å². The van der Waals surface area contributed by atoms with Crippen LogP contribution >= 0.6 is 11.8 Å². The van der Waals surface area contributed by atoms with E-state index in [0.717, 1.165) is 0 Å². The Labute approximate surface area is 197 Å². The van der Waals surface area contributed by atoms with Crippen LogP contribution in [0.3, 0.4) is 0 Å². The summed E-state index contributed by atoms with van der Waals surface area (Å²) >= 11 is 1.54. The molecule has 3 fully saturated rings. The van der Waals surface area contributed by atoms with Crippen LogP contribution in [0.15, 0.2) is 23.1 Å². The number of hydrogen-bond donors (Lipinski definition) is 1. The number of esters is 1. The molecule has 0 spiro atoms. The number of carbonyl (C=O) groups is 3. The van der Waals surface area contributed by atoms with Crippen molar-refractivity contribution >= 4 is 45.3 Å². The quantitative estimate of drug-likeness (QED) is 0.577. The van der Waals surface area contributed by atoms with Crippen molar-refractivity contribution in [2.75, 3.05) is 44.0 Å². The van der Waals surface area contributed by atoms with Crippen LogP contribution in [-0.4, -0.2) is 85.0 Å². The van der Waals surface area contributed by atoms with Crippen molar-refractivity contribution in [3.8, 4) is 0 Å². The van der Waals surface area contributed by atoms with E-state index >= 15 is 0 Å². The number of nitrogens with zero attached hydrogens (tertiary/aromatic N) is 2. The lowest BCUT2D eigenvalue weighted by Crippen LogP contribution is -2.47. The van der Waals surface area contributed by atoms with E-state index in [1.165, 1.54) is 10.4 Å². The Bertz CT molecular complexity index is 1070. The summed E-state index contributed by atoms with van der Waals surface area (Å²) in [4.78, 5) is 38.4. The van der Waals surface area contributed by atoms with Gasteiger partial charge in [0.15, 0.2) is 6.61 Å². The highest BCUT2D eigenvalue weighted by molar-refractivity contribution is 8.01. The number of carbonyl (C=O) groups excluding carboxylic acids is 3. The summed E-state index contributed by atoms with van der Waals surface area (Å²) in [5, 5.41) is 2.58. The van der Waals surface area contributed by atoms with Gasteiger partial charge >= 0.3 is 5.97 Å². The Balaban J connectivity index is 1.37. The minimum absolute atomic E-state index is 0.0810. The normalized spacial score (nSPS) is 25.7. The maximum absolute atomic E-state index is 13.0. The molecule has 3 aliphatic rings. The highest BCUT2D eigenvalue weighted by Gasteiger charge is 2.53. The maximum Gasteiger partial charge on any atom is 0.330 e. The van der Waals surface area contributed by atoms with Gasteiger partial charge in [0.25, 0.3) is 5.91 Å². The summed E-state index contributed by atoms with van der Waals surface area (Å²) in [7, 11) is -3.73. The first-order chi connectivity index (χ1) is 15.6. The predicted molar refractivity (Wildman–Crippen MR) is 121 cm³/mol. The molecule has 0 saturated carbocycles. The third-order valence-corrected chi connectivity index (χ3v) is 9.67. The summed E-state index contributed by atoms with van der Waals surface area (Å²) < 4.78 is 37.8. The fraction of sp³-hybridized carbons (Fsp3) is 0.571. The summed E-state index contributed by atoms with van der Waals surface area (Å²) in [6.45, 7) is 4.30. The van der Waals surface area contributed by atoms with Gasteiger partial charge in [0, 0.05) is 31.0 Å². The molecule has 2 amide bonds. The summed E-state index contributed by atoms with van der Waals surface area (Å²) in [6, 6.07) is 3.91. The second-order valence-corrected chi connectivity index (χ2v) is 11.8. The molecule has 0 aromatic heterocycles. The van der Waals surface area contributed by atoms with E-state index in [4.69, 9.17) is 9.47 Å². The summed E-state index contributed by atoms with van der Waals surface area (Å²) in [6.07, 6.45) is 1.08. The lowest BCUT2D eigenvalue weighted by molar-refractivity contribution is -0.155. The van der Waals surface area contributed by atoms with Crippen LogP contribution in [0.25, 0.3) is 0 Å². The van der Waals surface area contributed by atoms with E-state index in [-0.39, 0.29) is 29.6 Å². The number of aryl methyl sites for hydroxylation is 1. The van der Waals surface area contributed by atoms with Crippen LogP contribution in [0.2, 0.25) is 0 Å². The minimum atomic E-state index is -3.73. The summed E-state index contributed by atoms with van der Waals surface area (Å²) in [5.41, 5.74) is 0.843. The molecule has 1 N–H and O–H groups in total. The second kappa shape index (κ2) is 9.24. The number of anilines is 1. The van der Waals surface area contributed by atoms with Crippen molar-refractivity contribution < 1.29 is 32.3 Å². The van der Waals surface area contributed by atoms with Gasteiger partial charge in [-0.2, -0.15) is 4.31 Å². The van der Waals surface area contributed by atoms with Crippen molar-refractivity contribution in [2.24, 2.45) is 0 Å². The Hall–Kier alpha value is -2.15. The first-order valence-electron chi connectivity index (χ1n) is 10.7. The first kappa shape index (κ1) is 24.0. The van der Waals surface area contributed by atoms with E-state index < -0.39 is 39.4 Å². The molecule has 1 aromatic rings. The van der Waals surface area contributed by atoms with Gasteiger partial charge in [0.05, 0.1) is 23.0 Å². The van der Waals surface area contributed by atoms with Gasteiger partial charge in [-0.3, -0.25) is 9.59 Å². The number of ether oxygens (including phenoxy) is 2. The first-order valence-corrected chi connectivity index (χ1v) is 13.2. The Kier molecular flexibility index (Phi) is 6.72. The predicted octanol–water partition coefficient (Wildman–Crippen LogP) is 0.952. The fourth-order valence-electron chi connectivity index (χ4n) is 4.31. The standard InChI is InChI=1S/C21H27N3O7S2/c1-14-3-4-15(11-17(14)33(28,29)23-7-9-30-10-8-23)22-18(25)12-31-20(27)16-13-32-21(2)6-5-19(26)24(16)21/h3-4,11,16H,5-10,12-13H2,1-2H3,(H,22,25)/t16-,21+/m1/s1. The number of sulfonamides is 1. The molecule has 0 radical (unpaired) electrons. The fourth-order valence-corrected chi connectivity index (χ4v) is 7.38. The molecule has 0 bridgehead atoms. The van der Waals surface area contributed by atoms with Crippen LogP contribution < -0.4 is 5.32 Å². The Morgan fingerprint density at radius 1 is 1.30 bits per heavy atom. The van der Waals surface area contributed by atoms with Crippen LogP contribution in [0, 0.1) is 6.92 Å². The third kappa shape index (κ3) is 4.75. The van der Waals surface area contributed by atoms with Crippen LogP contribution in [-0.2, 0) is 33.9 Å². The Morgan fingerprint density at radius 2 is 2.03 bits per heavy atom. The molecule has 12 heteroatoms. The molecule has 3 saturated heterocycles. The molecule has 1 aromatic carbocycles. The number of fused-ring (bicyclic) bond motifs is 1. The number of morpholine rings is 1. The molecule has 180 valence electrons. The average Bonchev–Trinajstić information content (AvgIpc) is 3.29. The molecule has 10 nitrogen and oxygen atoms in total. The zero-order chi connectivity index (χ0) is 23.8. The highest BCUT2D eigenvalue weighted by atomic mass is 32.2. The average molecular weight is 498 g/mol. The van der Waals surface area contributed by atoms with E-state index in [1.54, 1.807) is 35.7 Å². The molecule has 0 unspecified atom stereocenters. The van der Waals surface area contributed by atoms with Gasteiger partial charge in [-0.25, -0.2) is 13.2 Å². The third-order valence-electron chi connectivity index (χ3n) is 6.12. The van der Waals surface area contributed by atoms with Crippen molar-refractivity contribution in [2.45, 2.75) is 42.5 Å². The largest absolute Gasteiger partial charge is 0.454 e. The van der Waals surface area contributed by atoms with Gasteiger partial charge in [0.1, 0.15) is 6.04 Å². The molecule has 3 aliphatic heterocycles. The monoisotopic (exact) mass is 497 g/mol. The SMILES string of the molecule is Cc1ccc(NC(=O)COC(=O)[C@H]2CS[C@@]3(C)CCC(=O)N23)cc1S(=O)(=O)N1CCOCC1. The smallest absolute Gasteiger partial charge is 0.330 e. The molecule has 4 rings (SSSR count). The second-order valence-electron chi connectivity index (χ2n) is 8.42. The molecular formula is C21H27N3O7S2. The lowest BCUT2D eigenvalue weighted by atomic mass is 10.2. The number of rotatable bonds is 6. The summed E-state index contributed by atoms with van der Waals surface area (Å²) in [5.74, 6) is -0.856. The van der Waals surface area contributed by atoms with Gasteiger partial charge in [-0.05, 0) is 38.0 Å². The minimum Gasteiger partial charge on any atom is -0.454 e. The van der Waals surface area contributed by atoms with Gasteiger partial charge in [0.2, 0.25) is 15.9 Å². The molecule has 3 heterocycles. The number of nitrogens with one attached hydrogen (secondary N) is 1. The van der Waals surface area contributed by atoms with Gasteiger partial charge in [-0.15, -0.1) is 11.8 Å². The number of amides is 2. The Morgan fingerprint density at radius 3 is 2.76 bits per heavy atom. The van der Waals surface area contributed by atoms with E-state index in [2.05, 4.69) is 5.32 Å². The molecule has 2 atom stereocenters. The molecule has 0 aliphatic carbocycles. The van der Waals surface area contributed by atoms with Crippen LogP contribution in [0.4, 0.5) is 5.69 Å². The van der Waals surface area contributed by atoms with Crippen molar-refractivity contribution in [1.29, 1.82) is 0 Å². The molecule has 33 heavy (non-hydrogen) atoms. The number of hydrogen-bond acceptors (Lipinski definition) is 8. The van der Waals surface area contributed by atoms with Gasteiger partial charge in [-0.1, -0.05) is 6.07 Å².